The van der Waals surface area contributed by atoms with Gasteiger partial charge in [0.2, 0.25) is 5.91 Å². The molecule has 6 heteroatoms. The number of hydrogen-bond acceptors (Lipinski definition) is 3. The molecule has 1 atom stereocenters. The molecule has 0 aliphatic carbocycles. The summed E-state index contributed by atoms with van der Waals surface area (Å²) < 4.78 is 7.39. The topological polar surface area (TPSA) is 63.6 Å². The molecule has 1 N–H and O–H groups in total. The van der Waals surface area contributed by atoms with Crippen molar-refractivity contribution in [1.29, 1.82) is 0 Å². The number of nitrogens with one attached hydrogen (secondary N) is 1. The number of aromatic nitrogens is 1. The highest BCUT2D eigenvalue weighted by atomic mass is 16.5. The molecule has 2 aliphatic rings. The maximum atomic E-state index is 12.5. The van der Waals surface area contributed by atoms with Crippen LogP contribution in [0.3, 0.4) is 0 Å². The lowest BCUT2D eigenvalue weighted by Crippen LogP contribution is -2.39. The van der Waals surface area contributed by atoms with E-state index in [1.54, 1.807) is 0 Å². The minimum atomic E-state index is 0.111. The Balaban J connectivity index is 1.34. The van der Waals surface area contributed by atoms with E-state index in [1.807, 2.05) is 34.8 Å². The zero-order valence-electron chi connectivity index (χ0n) is 15.1. The maximum Gasteiger partial charge on any atom is 0.270 e. The van der Waals surface area contributed by atoms with Gasteiger partial charge in [-0.25, -0.2) is 0 Å². The molecule has 6 nitrogen and oxygen atoms in total. The molecule has 0 unspecified atom stereocenters. The molecule has 0 bridgehead atoms. The predicted molar refractivity (Wildman–Crippen MR) is 95.3 cm³/mol. The highest BCUT2D eigenvalue weighted by molar-refractivity contribution is 5.92. The molecule has 2 aliphatic heterocycles. The molecule has 1 aromatic rings. The number of ether oxygens (including phenoxy) is 1. The van der Waals surface area contributed by atoms with Crippen LogP contribution in [0.5, 0.6) is 0 Å². The molecule has 0 aromatic carbocycles. The number of carbonyl (C=O) groups excluding carboxylic acids is 2. The van der Waals surface area contributed by atoms with Crippen molar-refractivity contribution in [1.82, 2.24) is 14.8 Å². The molecule has 3 rings (SSSR count). The summed E-state index contributed by atoms with van der Waals surface area (Å²) in [5.74, 6) is 0.768. The van der Waals surface area contributed by atoms with Crippen molar-refractivity contribution >= 4 is 11.8 Å². The first-order valence-corrected chi connectivity index (χ1v) is 9.42. The van der Waals surface area contributed by atoms with Crippen LogP contribution in [0.2, 0.25) is 0 Å². The molecule has 2 amide bonds. The highest BCUT2D eigenvalue weighted by Crippen LogP contribution is 2.23. The zero-order valence-corrected chi connectivity index (χ0v) is 15.1. The molecule has 2 saturated heterocycles. The Kier molecular flexibility index (Phi) is 6.13. The summed E-state index contributed by atoms with van der Waals surface area (Å²) in [7, 11) is 1.90. The summed E-state index contributed by atoms with van der Waals surface area (Å²) in [5.41, 5.74) is 0.743. The molecule has 0 saturated carbocycles. The number of aryl methyl sites for hydroxylation is 1. The number of amides is 2. The molecule has 1 aromatic heterocycles. The van der Waals surface area contributed by atoms with E-state index >= 15 is 0 Å². The molecule has 25 heavy (non-hydrogen) atoms. The summed E-state index contributed by atoms with van der Waals surface area (Å²) in [5, 5.41) is 2.98. The Morgan fingerprint density at radius 3 is 2.72 bits per heavy atom. The van der Waals surface area contributed by atoms with Gasteiger partial charge in [-0.2, -0.15) is 0 Å². The van der Waals surface area contributed by atoms with Crippen molar-refractivity contribution in [3.8, 4) is 0 Å². The third-order valence-corrected chi connectivity index (χ3v) is 5.40. The zero-order chi connectivity index (χ0) is 17.6. The monoisotopic (exact) mass is 347 g/mol. The second kappa shape index (κ2) is 8.52. The Bertz CT molecular complexity index is 584. The first kappa shape index (κ1) is 18.0. The van der Waals surface area contributed by atoms with Crippen molar-refractivity contribution in [3.05, 3.63) is 24.0 Å². The van der Waals surface area contributed by atoms with E-state index in [-0.39, 0.29) is 17.9 Å². The number of carbonyl (C=O) groups is 2. The summed E-state index contributed by atoms with van der Waals surface area (Å²) in [6.45, 7) is 3.03. The van der Waals surface area contributed by atoms with Crippen LogP contribution in [0.25, 0.3) is 0 Å². The van der Waals surface area contributed by atoms with Crippen LogP contribution in [0, 0.1) is 5.92 Å². The van der Waals surface area contributed by atoms with Crippen LogP contribution in [0.4, 0.5) is 0 Å². The fourth-order valence-electron chi connectivity index (χ4n) is 3.73. The van der Waals surface area contributed by atoms with Crippen LogP contribution in [-0.2, 0) is 16.6 Å². The van der Waals surface area contributed by atoms with Crippen molar-refractivity contribution in [2.45, 2.75) is 44.6 Å². The van der Waals surface area contributed by atoms with Crippen molar-refractivity contribution < 1.29 is 14.3 Å². The van der Waals surface area contributed by atoms with Gasteiger partial charge in [0.1, 0.15) is 5.69 Å². The van der Waals surface area contributed by atoms with Gasteiger partial charge in [0.25, 0.3) is 5.91 Å². The third kappa shape index (κ3) is 4.84. The van der Waals surface area contributed by atoms with Crippen LogP contribution in [-0.4, -0.2) is 53.6 Å². The van der Waals surface area contributed by atoms with Crippen LogP contribution >= 0.6 is 0 Å². The first-order valence-electron chi connectivity index (χ1n) is 9.42. The van der Waals surface area contributed by atoms with Gasteiger partial charge in [0.05, 0.1) is 6.10 Å². The van der Waals surface area contributed by atoms with Crippen LogP contribution in [0.15, 0.2) is 18.3 Å². The largest absolute Gasteiger partial charge is 0.376 e. The standard InChI is InChI=1S/C19H29N3O3/c1-21-10-2-5-17(21)19(24)22-11-8-15(9-12-22)6-7-18(23)20-14-16-4-3-13-25-16/h2,5,10,15-16H,3-4,6-9,11-14H2,1H3,(H,20,23)/t16-/m1/s1. The molecular formula is C19H29N3O3. The van der Waals surface area contributed by atoms with E-state index in [2.05, 4.69) is 5.32 Å². The molecular weight excluding hydrogens is 318 g/mol. The van der Waals surface area contributed by atoms with Gasteiger partial charge in [-0.3, -0.25) is 9.59 Å². The SMILES string of the molecule is Cn1cccc1C(=O)N1CCC(CCC(=O)NC[C@H]2CCCO2)CC1. The summed E-state index contributed by atoms with van der Waals surface area (Å²) in [6, 6.07) is 3.77. The normalized spacial score (nSPS) is 21.5. The van der Waals surface area contributed by atoms with Crippen molar-refractivity contribution in [3.63, 3.8) is 0 Å². The molecule has 0 spiro atoms. The van der Waals surface area contributed by atoms with Crippen molar-refractivity contribution in [2.75, 3.05) is 26.2 Å². The van der Waals surface area contributed by atoms with Gasteiger partial charge < -0.3 is 19.5 Å². The smallest absolute Gasteiger partial charge is 0.270 e. The Labute approximate surface area is 149 Å². The number of hydrogen-bond donors (Lipinski definition) is 1. The average Bonchev–Trinajstić information content (AvgIpc) is 3.29. The van der Waals surface area contributed by atoms with E-state index in [4.69, 9.17) is 4.74 Å². The molecule has 3 heterocycles. The number of piperidine rings is 1. The van der Waals surface area contributed by atoms with Gasteiger partial charge >= 0.3 is 0 Å². The number of rotatable bonds is 6. The molecule has 138 valence electrons. The molecule has 2 fully saturated rings. The summed E-state index contributed by atoms with van der Waals surface area (Å²) >= 11 is 0. The fraction of sp³-hybridized carbons (Fsp3) is 0.684. The second-order valence-electron chi connectivity index (χ2n) is 7.22. The second-order valence-corrected chi connectivity index (χ2v) is 7.22. The van der Waals surface area contributed by atoms with Crippen molar-refractivity contribution in [2.24, 2.45) is 13.0 Å². The van der Waals surface area contributed by atoms with Gasteiger partial charge in [0.15, 0.2) is 0 Å². The predicted octanol–water partition coefficient (Wildman–Crippen LogP) is 1.95. The minimum Gasteiger partial charge on any atom is -0.376 e. The van der Waals surface area contributed by atoms with Gasteiger partial charge in [-0.05, 0) is 50.2 Å². The summed E-state index contributed by atoms with van der Waals surface area (Å²) in [4.78, 5) is 26.4. The third-order valence-electron chi connectivity index (χ3n) is 5.40. The van der Waals surface area contributed by atoms with Gasteiger partial charge in [-0.1, -0.05) is 0 Å². The van der Waals surface area contributed by atoms with E-state index in [0.29, 0.717) is 18.9 Å². The quantitative estimate of drug-likeness (QED) is 0.855. The summed E-state index contributed by atoms with van der Waals surface area (Å²) in [6.07, 6.45) is 7.69. The van der Waals surface area contributed by atoms with E-state index in [0.717, 1.165) is 57.5 Å². The maximum absolute atomic E-state index is 12.5. The van der Waals surface area contributed by atoms with Gasteiger partial charge in [0, 0.05) is 45.9 Å². The Morgan fingerprint density at radius 1 is 1.28 bits per heavy atom. The Hall–Kier alpha value is -1.82. The van der Waals surface area contributed by atoms with Crippen LogP contribution < -0.4 is 5.32 Å². The highest BCUT2D eigenvalue weighted by Gasteiger charge is 2.25. The average molecular weight is 347 g/mol. The number of nitrogens with zero attached hydrogens (tertiary/aromatic N) is 2. The van der Waals surface area contributed by atoms with E-state index in [1.165, 1.54) is 0 Å². The number of likely N-dealkylation sites (tertiary alicyclic amines) is 1. The lowest BCUT2D eigenvalue weighted by Gasteiger charge is -2.32. The fourth-order valence-corrected chi connectivity index (χ4v) is 3.73. The van der Waals surface area contributed by atoms with E-state index < -0.39 is 0 Å². The first-order chi connectivity index (χ1) is 12.1. The lowest BCUT2D eigenvalue weighted by atomic mass is 9.92. The lowest BCUT2D eigenvalue weighted by molar-refractivity contribution is -0.122. The molecule has 0 radical (unpaired) electrons. The van der Waals surface area contributed by atoms with E-state index in [9.17, 15) is 9.59 Å². The van der Waals surface area contributed by atoms with Gasteiger partial charge in [-0.15, -0.1) is 0 Å². The van der Waals surface area contributed by atoms with Crippen LogP contribution in [0.1, 0.15) is 49.0 Å². The Morgan fingerprint density at radius 2 is 2.08 bits per heavy atom. The minimum absolute atomic E-state index is 0.111.